The molecule has 2 rings (SSSR count). The Morgan fingerprint density at radius 1 is 1.17 bits per heavy atom. The van der Waals surface area contributed by atoms with Crippen LogP contribution < -0.4 is 11.5 Å². The molecule has 2 heteroatoms. The lowest BCUT2D eigenvalue weighted by Gasteiger charge is -2.16. The predicted molar refractivity (Wildman–Crippen MR) is 51.3 cm³/mol. The van der Waals surface area contributed by atoms with Crippen LogP contribution in [-0.4, -0.2) is 0 Å². The minimum absolute atomic E-state index is 0.864. The summed E-state index contributed by atoms with van der Waals surface area (Å²) >= 11 is 0. The minimum Gasteiger partial charge on any atom is -0.398 e. The highest BCUT2D eigenvalue weighted by Gasteiger charge is 2.11. The fraction of sp³-hybridized carbons (Fsp3) is 0.200. The van der Waals surface area contributed by atoms with Crippen LogP contribution in [0.15, 0.2) is 24.3 Å². The number of allylic oxidation sites excluding steroid dienone is 1. The summed E-state index contributed by atoms with van der Waals surface area (Å²) in [5.74, 6) is 0. The molecule has 0 fully saturated rings. The Balaban J connectivity index is 2.62. The normalized spacial score (nSPS) is 15.2. The van der Waals surface area contributed by atoms with E-state index in [1.165, 1.54) is 5.56 Å². The van der Waals surface area contributed by atoms with Crippen molar-refractivity contribution >= 4 is 11.4 Å². The first-order valence-corrected chi connectivity index (χ1v) is 4.12. The monoisotopic (exact) mass is 160 g/mol. The zero-order chi connectivity index (χ0) is 8.55. The van der Waals surface area contributed by atoms with E-state index < -0.39 is 0 Å². The summed E-state index contributed by atoms with van der Waals surface area (Å²) in [6, 6.07) is 5.90. The van der Waals surface area contributed by atoms with Gasteiger partial charge in [0.15, 0.2) is 0 Å². The van der Waals surface area contributed by atoms with Crippen LogP contribution in [0.2, 0.25) is 0 Å². The molecule has 0 spiro atoms. The van der Waals surface area contributed by atoms with Gasteiger partial charge in [-0.3, -0.25) is 0 Å². The van der Waals surface area contributed by atoms with Crippen molar-refractivity contribution < 1.29 is 0 Å². The van der Waals surface area contributed by atoms with Crippen molar-refractivity contribution in [2.24, 2.45) is 5.73 Å². The Labute approximate surface area is 71.9 Å². The second-order valence-electron chi connectivity index (χ2n) is 3.07. The Kier molecular flexibility index (Phi) is 1.54. The zero-order valence-corrected chi connectivity index (χ0v) is 6.88. The summed E-state index contributed by atoms with van der Waals surface area (Å²) in [5.41, 5.74) is 15.7. The van der Waals surface area contributed by atoms with Crippen molar-refractivity contribution in [3.05, 3.63) is 35.4 Å². The molecule has 1 aromatic rings. The third-order valence-corrected chi connectivity index (χ3v) is 2.28. The van der Waals surface area contributed by atoms with Gasteiger partial charge in [0.2, 0.25) is 0 Å². The zero-order valence-electron chi connectivity index (χ0n) is 6.88. The molecular weight excluding hydrogens is 148 g/mol. The molecule has 12 heavy (non-hydrogen) atoms. The molecule has 0 bridgehead atoms. The standard InChI is InChI=1S/C10H12N2/c11-9-5-1-3-7-8(9)4-2-6-10(7)12/h1,3,5-6H,2,4,11-12H2. The van der Waals surface area contributed by atoms with Gasteiger partial charge in [-0.2, -0.15) is 0 Å². The Morgan fingerprint density at radius 2 is 2.00 bits per heavy atom. The van der Waals surface area contributed by atoms with Gasteiger partial charge < -0.3 is 11.5 Å². The van der Waals surface area contributed by atoms with Gasteiger partial charge >= 0.3 is 0 Å². The van der Waals surface area contributed by atoms with Gasteiger partial charge in [0.25, 0.3) is 0 Å². The summed E-state index contributed by atoms with van der Waals surface area (Å²) in [5, 5.41) is 0. The fourth-order valence-electron chi connectivity index (χ4n) is 1.64. The highest BCUT2D eigenvalue weighted by Crippen LogP contribution is 2.26. The summed E-state index contributed by atoms with van der Waals surface area (Å²) in [7, 11) is 0. The molecule has 4 N–H and O–H groups in total. The van der Waals surface area contributed by atoms with E-state index in [1.54, 1.807) is 0 Å². The highest BCUT2D eigenvalue weighted by atomic mass is 14.6. The van der Waals surface area contributed by atoms with Crippen LogP contribution in [0.3, 0.4) is 0 Å². The smallest absolute Gasteiger partial charge is 0.0353 e. The molecule has 1 aliphatic carbocycles. The number of benzene rings is 1. The lowest BCUT2D eigenvalue weighted by Crippen LogP contribution is -2.08. The number of hydrogen-bond acceptors (Lipinski definition) is 2. The van der Waals surface area contributed by atoms with E-state index in [-0.39, 0.29) is 0 Å². The maximum Gasteiger partial charge on any atom is 0.0353 e. The molecule has 0 amide bonds. The van der Waals surface area contributed by atoms with Crippen molar-refractivity contribution in [3.63, 3.8) is 0 Å². The summed E-state index contributed by atoms with van der Waals surface area (Å²) in [6.45, 7) is 0. The second-order valence-corrected chi connectivity index (χ2v) is 3.07. The third kappa shape index (κ3) is 0.961. The summed E-state index contributed by atoms with van der Waals surface area (Å²) < 4.78 is 0. The SMILES string of the molecule is NC1=CCCc2c(N)cccc21. The number of rotatable bonds is 0. The number of anilines is 1. The lowest BCUT2D eigenvalue weighted by atomic mass is 9.94. The Bertz CT molecular complexity index is 340. The largest absolute Gasteiger partial charge is 0.398 e. The average Bonchev–Trinajstić information content (AvgIpc) is 2.07. The fourth-order valence-corrected chi connectivity index (χ4v) is 1.64. The van der Waals surface area contributed by atoms with E-state index in [9.17, 15) is 0 Å². The molecule has 0 saturated carbocycles. The third-order valence-electron chi connectivity index (χ3n) is 2.28. The average molecular weight is 160 g/mol. The van der Waals surface area contributed by atoms with Crippen LogP contribution in [0.5, 0.6) is 0 Å². The maximum atomic E-state index is 5.82. The van der Waals surface area contributed by atoms with Gasteiger partial charge in [-0.15, -0.1) is 0 Å². The van der Waals surface area contributed by atoms with E-state index in [0.717, 1.165) is 29.8 Å². The minimum atomic E-state index is 0.864. The maximum absolute atomic E-state index is 5.82. The molecular formula is C10H12N2. The number of nitrogens with two attached hydrogens (primary N) is 2. The van der Waals surface area contributed by atoms with E-state index >= 15 is 0 Å². The lowest BCUT2D eigenvalue weighted by molar-refractivity contribution is 0.976. The van der Waals surface area contributed by atoms with E-state index in [4.69, 9.17) is 11.5 Å². The molecule has 0 heterocycles. The quantitative estimate of drug-likeness (QED) is 0.565. The van der Waals surface area contributed by atoms with Crippen LogP contribution in [-0.2, 0) is 6.42 Å². The van der Waals surface area contributed by atoms with Crippen molar-refractivity contribution in [1.29, 1.82) is 0 Å². The Morgan fingerprint density at radius 3 is 2.75 bits per heavy atom. The van der Waals surface area contributed by atoms with Crippen LogP contribution >= 0.6 is 0 Å². The van der Waals surface area contributed by atoms with Crippen LogP contribution in [0, 0.1) is 0 Å². The van der Waals surface area contributed by atoms with Gasteiger partial charge in [0, 0.05) is 16.9 Å². The molecule has 0 radical (unpaired) electrons. The molecule has 0 aromatic heterocycles. The Hall–Kier alpha value is -1.44. The van der Waals surface area contributed by atoms with Gasteiger partial charge in [-0.25, -0.2) is 0 Å². The molecule has 62 valence electrons. The second kappa shape index (κ2) is 2.55. The van der Waals surface area contributed by atoms with E-state index in [1.807, 2.05) is 18.2 Å². The van der Waals surface area contributed by atoms with Crippen LogP contribution in [0.4, 0.5) is 5.69 Å². The summed E-state index contributed by atoms with van der Waals surface area (Å²) in [4.78, 5) is 0. The van der Waals surface area contributed by atoms with E-state index in [2.05, 4.69) is 6.08 Å². The first kappa shape index (κ1) is 7.22. The molecule has 0 aliphatic heterocycles. The van der Waals surface area contributed by atoms with Crippen molar-refractivity contribution in [2.75, 3.05) is 5.73 Å². The van der Waals surface area contributed by atoms with Crippen LogP contribution in [0.25, 0.3) is 5.70 Å². The van der Waals surface area contributed by atoms with Gasteiger partial charge in [-0.05, 0) is 24.5 Å². The number of nitrogen functional groups attached to an aromatic ring is 1. The molecule has 1 aliphatic rings. The molecule has 0 atom stereocenters. The van der Waals surface area contributed by atoms with Crippen molar-refractivity contribution in [3.8, 4) is 0 Å². The molecule has 2 nitrogen and oxygen atoms in total. The predicted octanol–water partition coefficient (Wildman–Crippen LogP) is 1.51. The van der Waals surface area contributed by atoms with Gasteiger partial charge in [-0.1, -0.05) is 18.2 Å². The summed E-state index contributed by atoms with van der Waals surface area (Å²) in [6.07, 6.45) is 4.08. The van der Waals surface area contributed by atoms with Crippen molar-refractivity contribution in [1.82, 2.24) is 0 Å². The van der Waals surface area contributed by atoms with Crippen LogP contribution in [0.1, 0.15) is 17.5 Å². The van der Waals surface area contributed by atoms with Gasteiger partial charge in [0.05, 0.1) is 0 Å². The number of fused-ring (bicyclic) bond motifs is 1. The first-order chi connectivity index (χ1) is 5.79. The number of hydrogen-bond donors (Lipinski definition) is 2. The first-order valence-electron chi connectivity index (χ1n) is 4.12. The molecule has 0 unspecified atom stereocenters. The highest BCUT2D eigenvalue weighted by molar-refractivity contribution is 5.72. The molecule has 0 saturated heterocycles. The van der Waals surface area contributed by atoms with E-state index in [0.29, 0.717) is 0 Å². The van der Waals surface area contributed by atoms with Gasteiger partial charge in [0.1, 0.15) is 0 Å². The molecule has 1 aromatic carbocycles. The topological polar surface area (TPSA) is 52.0 Å². The van der Waals surface area contributed by atoms with Crippen molar-refractivity contribution in [2.45, 2.75) is 12.8 Å².